The lowest BCUT2D eigenvalue weighted by molar-refractivity contribution is -0.139. The fraction of sp³-hybridized carbons (Fsp3) is 0.308. The monoisotopic (exact) mass is 262 g/mol. The molecule has 0 heterocycles. The van der Waals surface area contributed by atoms with E-state index in [4.69, 9.17) is 15.1 Å². The zero-order chi connectivity index (χ0) is 14.3. The summed E-state index contributed by atoms with van der Waals surface area (Å²) in [5.74, 6) is -1.60. The molecule has 6 heteroatoms. The van der Waals surface area contributed by atoms with Gasteiger partial charge in [0.05, 0.1) is 11.6 Å². The number of nitrogens with one attached hydrogen (secondary N) is 1. The summed E-state index contributed by atoms with van der Waals surface area (Å²) < 4.78 is 4.79. The molecule has 1 amide bonds. The van der Waals surface area contributed by atoms with Crippen molar-refractivity contribution in [2.45, 2.75) is 12.5 Å². The molecule has 0 bridgehead atoms. The Balaban J connectivity index is 2.70. The number of rotatable bonds is 6. The van der Waals surface area contributed by atoms with Crippen molar-refractivity contribution in [3.63, 3.8) is 0 Å². The molecule has 100 valence electrons. The molecular weight excluding hydrogens is 248 g/mol. The van der Waals surface area contributed by atoms with Crippen LogP contribution in [0.1, 0.15) is 22.3 Å². The van der Waals surface area contributed by atoms with Crippen molar-refractivity contribution in [3.05, 3.63) is 35.4 Å². The molecule has 1 unspecified atom stereocenters. The first-order valence-electron chi connectivity index (χ1n) is 5.61. The van der Waals surface area contributed by atoms with Gasteiger partial charge in [0, 0.05) is 25.7 Å². The number of carbonyl (C=O) groups excluding carboxylic acids is 1. The Bertz CT molecular complexity index is 490. The Labute approximate surface area is 110 Å². The van der Waals surface area contributed by atoms with E-state index in [2.05, 4.69) is 5.32 Å². The molecule has 0 fully saturated rings. The number of aliphatic carboxylic acids is 1. The first-order chi connectivity index (χ1) is 9.08. The molecule has 1 rings (SSSR count). The number of carboxylic acids is 1. The molecule has 0 radical (unpaired) electrons. The smallest absolute Gasteiger partial charge is 0.326 e. The summed E-state index contributed by atoms with van der Waals surface area (Å²) >= 11 is 0. The summed E-state index contributed by atoms with van der Waals surface area (Å²) in [6.07, 6.45) is 0.188. The third kappa shape index (κ3) is 4.41. The van der Waals surface area contributed by atoms with Crippen LogP contribution in [-0.4, -0.2) is 36.7 Å². The van der Waals surface area contributed by atoms with E-state index in [0.29, 0.717) is 11.1 Å². The molecule has 0 saturated heterocycles. The van der Waals surface area contributed by atoms with Crippen LogP contribution in [0.4, 0.5) is 0 Å². The van der Waals surface area contributed by atoms with E-state index in [1.807, 2.05) is 6.07 Å². The van der Waals surface area contributed by atoms with Gasteiger partial charge in [0.15, 0.2) is 0 Å². The van der Waals surface area contributed by atoms with E-state index in [1.54, 1.807) is 0 Å². The third-order valence-electron chi connectivity index (χ3n) is 2.49. The number of carboxylic acid groups (broad SMARTS) is 1. The van der Waals surface area contributed by atoms with Gasteiger partial charge in [-0.2, -0.15) is 5.26 Å². The maximum atomic E-state index is 11.8. The molecule has 0 aliphatic carbocycles. The van der Waals surface area contributed by atoms with Gasteiger partial charge >= 0.3 is 5.97 Å². The van der Waals surface area contributed by atoms with Crippen molar-refractivity contribution in [1.82, 2.24) is 5.32 Å². The highest BCUT2D eigenvalue weighted by atomic mass is 16.5. The van der Waals surface area contributed by atoms with Gasteiger partial charge in [-0.1, -0.05) is 0 Å². The van der Waals surface area contributed by atoms with E-state index < -0.39 is 17.9 Å². The Hall–Kier alpha value is -2.39. The van der Waals surface area contributed by atoms with E-state index in [1.165, 1.54) is 31.4 Å². The quantitative estimate of drug-likeness (QED) is 0.789. The topological polar surface area (TPSA) is 99.4 Å². The van der Waals surface area contributed by atoms with Gasteiger partial charge < -0.3 is 15.2 Å². The summed E-state index contributed by atoms with van der Waals surface area (Å²) in [5, 5.41) is 20.0. The minimum atomic E-state index is -1.11. The van der Waals surface area contributed by atoms with Crippen molar-refractivity contribution in [2.75, 3.05) is 13.7 Å². The molecular formula is C13H14N2O4. The van der Waals surface area contributed by atoms with Crippen molar-refractivity contribution in [2.24, 2.45) is 0 Å². The Morgan fingerprint density at radius 1 is 1.42 bits per heavy atom. The molecule has 2 N–H and O–H groups in total. The molecule has 1 aromatic carbocycles. The van der Waals surface area contributed by atoms with E-state index in [0.717, 1.165) is 0 Å². The van der Waals surface area contributed by atoms with Crippen LogP contribution >= 0.6 is 0 Å². The third-order valence-corrected chi connectivity index (χ3v) is 2.49. The number of hydrogen-bond donors (Lipinski definition) is 2. The highest BCUT2D eigenvalue weighted by Gasteiger charge is 2.20. The van der Waals surface area contributed by atoms with Crippen LogP contribution < -0.4 is 5.32 Å². The van der Waals surface area contributed by atoms with Gasteiger partial charge in [0.25, 0.3) is 5.91 Å². The molecule has 6 nitrogen and oxygen atoms in total. The van der Waals surface area contributed by atoms with Gasteiger partial charge in [0.2, 0.25) is 0 Å². The average molecular weight is 262 g/mol. The second-order valence-corrected chi connectivity index (χ2v) is 3.83. The predicted molar refractivity (Wildman–Crippen MR) is 66.5 cm³/mol. The average Bonchev–Trinajstić information content (AvgIpc) is 2.43. The fourth-order valence-electron chi connectivity index (χ4n) is 1.43. The molecule has 0 aliphatic heterocycles. The summed E-state index contributed by atoms with van der Waals surface area (Å²) in [6, 6.07) is 6.89. The molecule has 0 saturated carbocycles. The molecule has 1 atom stereocenters. The van der Waals surface area contributed by atoms with Crippen LogP contribution in [0.2, 0.25) is 0 Å². The van der Waals surface area contributed by atoms with Crippen molar-refractivity contribution in [1.29, 1.82) is 5.26 Å². The first kappa shape index (κ1) is 14.7. The zero-order valence-electron chi connectivity index (χ0n) is 10.4. The van der Waals surface area contributed by atoms with Crippen LogP contribution in [0, 0.1) is 11.3 Å². The standard InChI is InChI=1S/C13H14N2O4/c1-19-7-6-11(13(17)18)15-12(16)10-4-2-9(8-14)3-5-10/h2-5,11H,6-7H2,1H3,(H,15,16)(H,17,18). The van der Waals surface area contributed by atoms with Gasteiger partial charge in [-0.05, 0) is 24.3 Å². The molecule has 0 spiro atoms. The lowest BCUT2D eigenvalue weighted by Crippen LogP contribution is -2.41. The molecule has 19 heavy (non-hydrogen) atoms. The first-order valence-corrected chi connectivity index (χ1v) is 5.61. The van der Waals surface area contributed by atoms with Gasteiger partial charge in [0.1, 0.15) is 6.04 Å². The lowest BCUT2D eigenvalue weighted by Gasteiger charge is -2.13. The van der Waals surface area contributed by atoms with E-state index in [-0.39, 0.29) is 13.0 Å². The molecule has 0 aromatic heterocycles. The number of nitrogens with zero attached hydrogens (tertiary/aromatic N) is 1. The van der Waals surface area contributed by atoms with Crippen molar-refractivity contribution in [3.8, 4) is 6.07 Å². The largest absolute Gasteiger partial charge is 0.480 e. The van der Waals surface area contributed by atoms with Crippen LogP contribution in [0.5, 0.6) is 0 Å². The highest BCUT2D eigenvalue weighted by molar-refractivity contribution is 5.96. The predicted octanol–water partition coefficient (Wildman–Crippen LogP) is 0.778. The van der Waals surface area contributed by atoms with Crippen LogP contribution in [0.15, 0.2) is 24.3 Å². The van der Waals surface area contributed by atoms with Gasteiger partial charge in [-0.15, -0.1) is 0 Å². The van der Waals surface area contributed by atoms with Crippen LogP contribution in [0.3, 0.4) is 0 Å². The number of hydrogen-bond acceptors (Lipinski definition) is 4. The Morgan fingerprint density at radius 3 is 2.53 bits per heavy atom. The number of carbonyl (C=O) groups is 2. The van der Waals surface area contributed by atoms with Gasteiger partial charge in [-0.3, -0.25) is 4.79 Å². The number of methoxy groups -OCH3 is 1. The van der Waals surface area contributed by atoms with E-state index in [9.17, 15) is 9.59 Å². The number of nitriles is 1. The Morgan fingerprint density at radius 2 is 2.05 bits per heavy atom. The lowest BCUT2D eigenvalue weighted by atomic mass is 10.1. The summed E-state index contributed by atoms with van der Waals surface area (Å²) in [5.41, 5.74) is 0.744. The fourth-order valence-corrected chi connectivity index (χ4v) is 1.43. The number of ether oxygens (including phenoxy) is 1. The second kappa shape index (κ2) is 7.13. The maximum Gasteiger partial charge on any atom is 0.326 e. The molecule has 0 aliphatic rings. The summed E-state index contributed by atoms with van der Waals surface area (Å²) in [7, 11) is 1.46. The normalized spacial score (nSPS) is 11.4. The van der Waals surface area contributed by atoms with Gasteiger partial charge in [-0.25, -0.2) is 4.79 Å². The minimum absolute atomic E-state index is 0.188. The SMILES string of the molecule is COCCC(NC(=O)c1ccc(C#N)cc1)C(=O)O. The summed E-state index contributed by atoms with van der Waals surface area (Å²) in [4.78, 5) is 22.8. The van der Waals surface area contributed by atoms with E-state index >= 15 is 0 Å². The number of amides is 1. The van der Waals surface area contributed by atoms with Crippen LogP contribution in [-0.2, 0) is 9.53 Å². The zero-order valence-corrected chi connectivity index (χ0v) is 10.4. The van der Waals surface area contributed by atoms with Crippen molar-refractivity contribution < 1.29 is 19.4 Å². The highest BCUT2D eigenvalue weighted by Crippen LogP contribution is 2.04. The minimum Gasteiger partial charge on any atom is -0.480 e. The summed E-state index contributed by atoms with van der Waals surface area (Å²) in [6.45, 7) is 0.241. The van der Waals surface area contributed by atoms with Crippen molar-refractivity contribution >= 4 is 11.9 Å². The Kier molecular flexibility index (Phi) is 5.51. The van der Waals surface area contributed by atoms with Crippen LogP contribution in [0.25, 0.3) is 0 Å². The second-order valence-electron chi connectivity index (χ2n) is 3.83. The molecule has 1 aromatic rings. The maximum absolute atomic E-state index is 11.8. The number of benzene rings is 1.